The van der Waals surface area contributed by atoms with E-state index in [1.54, 1.807) is 0 Å². The molecule has 1 rings (SSSR count). The lowest BCUT2D eigenvalue weighted by Crippen LogP contribution is -2.03. The summed E-state index contributed by atoms with van der Waals surface area (Å²) in [6.07, 6.45) is 5.48. The van der Waals surface area contributed by atoms with E-state index in [4.69, 9.17) is 5.11 Å². The number of aliphatic hydroxyl groups is 1. The van der Waals surface area contributed by atoms with E-state index in [2.05, 4.69) is 26.1 Å². The Kier molecular flexibility index (Phi) is 32.0. The molecular weight excluding hydrogens is 186 g/mol. The molecule has 1 heterocycles. The van der Waals surface area contributed by atoms with Gasteiger partial charge in [-0.25, -0.2) is 0 Å². The van der Waals surface area contributed by atoms with Gasteiger partial charge in [-0.05, 0) is 31.8 Å². The summed E-state index contributed by atoms with van der Waals surface area (Å²) in [7, 11) is 1.00. The van der Waals surface area contributed by atoms with Gasteiger partial charge in [0.2, 0.25) is 0 Å². The van der Waals surface area contributed by atoms with Crippen LogP contribution in [-0.4, -0.2) is 25.3 Å². The van der Waals surface area contributed by atoms with Gasteiger partial charge in [0.05, 0.1) is 0 Å². The van der Waals surface area contributed by atoms with Crippen LogP contribution in [0.25, 0.3) is 0 Å². The summed E-state index contributed by atoms with van der Waals surface area (Å²) in [5.41, 5.74) is 0. The predicted octanol–water partition coefficient (Wildman–Crippen LogP) is 3.45. The van der Waals surface area contributed by atoms with Gasteiger partial charge in [-0.3, -0.25) is 0 Å². The Balaban J connectivity index is -0.000000145. The summed E-state index contributed by atoms with van der Waals surface area (Å²) in [5.74, 6) is 0.898. The number of nitrogens with one attached hydrogen (secondary N) is 1. The summed E-state index contributed by atoms with van der Waals surface area (Å²) in [6, 6.07) is 0. The largest absolute Gasteiger partial charge is 0.400 e. The monoisotopic (exact) mass is 219 g/mol. The molecule has 0 saturated carbocycles. The Labute approximate surface area is 97.5 Å². The van der Waals surface area contributed by atoms with Crippen LogP contribution in [0.5, 0.6) is 0 Å². The van der Waals surface area contributed by atoms with Gasteiger partial charge in [-0.15, -0.1) is 0 Å². The number of hydrogen-bond acceptors (Lipinski definition) is 2. The molecule has 0 aromatic rings. The molecule has 2 nitrogen and oxygen atoms in total. The van der Waals surface area contributed by atoms with E-state index in [0.29, 0.717) is 0 Å². The van der Waals surface area contributed by atoms with E-state index in [1.165, 1.54) is 38.8 Å². The van der Waals surface area contributed by atoms with Gasteiger partial charge in [0.15, 0.2) is 0 Å². The van der Waals surface area contributed by atoms with Crippen LogP contribution in [0, 0.1) is 5.92 Å². The number of hydrogen-bond donors (Lipinski definition) is 2. The first kappa shape index (κ1) is 20.3. The first-order valence-electron chi connectivity index (χ1n) is 6.42. The molecule has 1 fully saturated rings. The van der Waals surface area contributed by atoms with Crippen LogP contribution in [-0.2, 0) is 0 Å². The van der Waals surface area contributed by atoms with Crippen molar-refractivity contribution < 1.29 is 5.11 Å². The summed E-state index contributed by atoms with van der Waals surface area (Å²) in [6.45, 7) is 13.2. The zero-order valence-corrected chi connectivity index (χ0v) is 11.8. The lowest BCUT2D eigenvalue weighted by atomic mass is 10.1. The third kappa shape index (κ3) is 31.5. The van der Waals surface area contributed by atoms with Crippen LogP contribution in [0.2, 0.25) is 0 Å². The van der Waals surface area contributed by atoms with Crippen molar-refractivity contribution in [1.29, 1.82) is 0 Å². The van der Waals surface area contributed by atoms with Crippen molar-refractivity contribution in [3.05, 3.63) is 0 Å². The lowest BCUT2D eigenvalue weighted by Gasteiger charge is -1.95. The molecule has 15 heavy (non-hydrogen) atoms. The van der Waals surface area contributed by atoms with Crippen molar-refractivity contribution in [1.82, 2.24) is 5.32 Å². The van der Waals surface area contributed by atoms with Crippen molar-refractivity contribution in [2.75, 3.05) is 20.2 Å². The van der Waals surface area contributed by atoms with Gasteiger partial charge >= 0.3 is 0 Å². The van der Waals surface area contributed by atoms with Gasteiger partial charge in [0, 0.05) is 7.11 Å². The van der Waals surface area contributed by atoms with Crippen LogP contribution in [0.1, 0.15) is 60.3 Å². The molecule has 0 aliphatic carbocycles. The highest BCUT2D eigenvalue weighted by Crippen LogP contribution is 2.00. The molecule has 0 amide bonds. The molecule has 0 spiro atoms. The second-order valence-corrected chi connectivity index (χ2v) is 3.64. The Morgan fingerprint density at radius 1 is 1.07 bits per heavy atom. The highest BCUT2D eigenvalue weighted by molar-refractivity contribution is 4.55. The molecule has 0 unspecified atom stereocenters. The Bertz CT molecular complexity index is 63.3. The van der Waals surface area contributed by atoms with Crippen LogP contribution < -0.4 is 5.32 Å². The highest BCUT2D eigenvalue weighted by atomic mass is 16.2. The van der Waals surface area contributed by atoms with E-state index >= 15 is 0 Å². The van der Waals surface area contributed by atoms with Crippen LogP contribution >= 0.6 is 0 Å². The fraction of sp³-hybridized carbons (Fsp3) is 1.00. The van der Waals surface area contributed by atoms with E-state index in [0.717, 1.165) is 13.0 Å². The van der Waals surface area contributed by atoms with Gasteiger partial charge < -0.3 is 10.4 Å². The molecule has 0 aromatic heterocycles. The molecule has 2 heteroatoms. The molecular formula is C13H33NO. The minimum Gasteiger partial charge on any atom is -0.400 e. The first-order valence-corrected chi connectivity index (χ1v) is 6.42. The van der Waals surface area contributed by atoms with Crippen LogP contribution in [0.3, 0.4) is 0 Å². The predicted molar refractivity (Wildman–Crippen MR) is 71.3 cm³/mol. The summed E-state index contributed by atoms with van der Waals surface area (Å²) >= 11 is 0. The molecule has 0 bridgehead atoms. The molecule has 2 N–H and O–H groups in total. The van der Waals surface area contributed by atoms with Gasteiger partial charge in [0.25, 0.3) is 0 Å². The average molecular weight is 219 g/mol. The maximum atomic E-state index is 7.00. The first-order chi connectivity index (χ1) is 7.27. The molecule has 96 valence electrons. The molecule has 1 saturated heterocycles. The smallest absolute Gasteiger partial charge is 0.0319 e. The lowest BCUT2D eigenvalue weighted by molar-refractivity contribution is 0.399. The minimum absolute atomic E-state index is 0.898. The molecule has 1 aliphatic rings. The number of rotatable bonds is 2. The maximum Gasteiger partial charge on any atom is 0.0319 e. The molecule has 0 atom stereocenters. The Hall–Kier alpha value is -0.0800. The van der Waals surface area contributed by atoms with Gasteiger partial charge in [-0.1, -0.05) is 47.5 Å². The van der Waals surface area contributed by atoms with E-state index in [-0.39, 0.29) is 0 Å². The minimum atomic E-state index is 0.898. The van der Waals surface area contributed by atoms with Crippen molar-refractivity contribution in [3.63, 3.8) is 0 Å². The normalized spacial score (nSPS) is 12.8. The standard InChI is InChI=1S/C6H14.C4H9N.C2H6.CH4O/c1-4-5-6(2)3;1-2-4-5-3-1;2*1-2/h6H,4-5H2,1-3H3;5H,1-4H2;1-2H3;2H,1H3. The number of aliphatic hydroxyl groups excluding tert-OH is 1. The SMILES string of the molecule is C1CCNC1.CC.CCCC(C)C.CO. The Morgan fingerprint density at radius 2 is 1.47 bits per heavy atom. The van der Waals surface area contributed by atoms with Crippen LogP contribution in [0.15, 0.2) is 0 Å². The second-order valence-electron chi connectivity index (χ2n) is 3.64. The topological polar surface area (TPSA) is 32.3 Å². The molecule has 0 aromatic carbocycles. The summed E-state index contributed by atoms with van der Waals surface area (Å²) < 4.78 is 0. The van der Waals surface area contributed by atoms with Crippen molar-refractivity contribution >= 4 is 0 Å². The zero-order chi connectivity index (χ0) is 12.5. The van der Waals surface area contributed by atoms with Crippen molar-refractivity contribution in [2.45, 2.75) is 60.3 Å². The third-order valence-corrected chi connectivity index (χ3v) is 1.82. The van der Waals surface area contributed by atoms with E-state index in [9.17, 15) is 0 Å². The summed E-state index contributed by atoms with van der Waals surface area (Å²) in [4.78, 5) is 0. The quantitative estimate of drug-likeness (QED) is 0.745. The zero-order valence-electron chi connectivity index (χ0n) is 11.8. The van der Waals surface area contributed by atoms with Gasteiger partial charge in [-0.2, -0.15) is 0 Å². The molecule has 0 radical (unpaired) electrons. The van der Waals surface area contributed by atoms with Gasteiger partial charge in [0.1, 0.15) is 0 Å². The molecule has 1 aliphatic heterocycles. The van der Waals surface area contributed by atoms with Crippen molar-refractivity contribution in [3.8, 4) is 0 Å². The Morgan fingerprint density at radius 3 is 1.53 bits per heavy atom. The fourth-order valence-corrected chi connectivity index (χ4v) is 1.20. The second kappa shape index (κ2) is 23.6. The average Bonchev–Trinajstić information content (AvgIpc) is 2.82. The summed E-state index contributed by atoms with van der Waals surface area (Å²) in [5, 5.41) is 10.2. The third-order valence-electron chi connectivity index (χ3n) is 1.82. The van der Waals surface area contributed by atoms with Crippen LogP contribution in [0.4, 0.5) is 0 Å². The van der Waals surface area contributed by atoms with Crippen molar-refractivity contribution in [2.24, 2.45) is 5.92 Å². The van der Waals surface area contributed by atoms with E-state index in [1.807, 2.05) is 13.8 Å². The maximum absolute atomic E-state index is 7.00. The fourth-order valence-electron chi connectivity index (χ4n) is 1.20. The highest BCUT2D eigenvalue weighted by Gasteiger charge is 1.93. The van der Waals surface area contributed by atoms with E-state index < -0.39 is 0 Å².